The standard InChI is InChI=1S/C15H32N2S/c1-7-16-13(14(2,3)4)8-9-17-10-11-18-15(5,6)12-17/h13,16H,7-12H2,1-6H3. The van der Waals surface area contributed by atoms with Crippen molar-refractivity contribution in [3.63, 3.8) is 0 Å². The second-order valence-electron chi connectivity index (χ2n) is 7.15. The lowest BCUT2D eigenvalue weighted by Gasteiger charge is -2.39. The highest BCUT2D eigenvalue weighted by atomic mass is 32.2. The zero-order valence-electron chi connectivity index (χ0n) is 13.2. The molecule has 1 fully saturated rings. The van der Waals surface area contributed by atoms with Gasteiger partial charge in [0.2, 0.25) is 0 Å². The van der Waals surface area contributed by atoms with E-state index in [0.29, 0.717) is 16.2 Å². The molecule has 0 bridgehead atoms. The molecule has 0 aromatic rings. The third kappa shape index (κ3) is 5.50. The second kappa shape index (κ2) is 6.62. The number of nitrogens with one attached hydrogen (secondary N) is 1. The molecule has 0 aliphatic carbocycles. The van der Waals surface area contributed by atoms with Crippen molar-refractivity contribution < 1.29 is 0 Å². The van der Waals surface area contributed by atoms with Crippen LogP contribution in [-0.2, 0) is 0 Å². The van der Waals surface area contributed by atoms with Crippen LogP contribution >= 0.6 is 11.8 Å². The van der Waals surface area contributed by atoms with Gasteiger partial charge < -0.3 is 10.2 Å². The molecular weight excluding hydrogens is 240 g/mol. The zero-order chi connectivity index (χ0) is 13.8. The van der Waals surface area contributed by atoms with E-state index >= 15 is 0 Å². The zero-order valence-corrected chi connectivity index (χ0v) is 14.0. The van der Waals surface area contributed by atoms with Gasteiger partial charge in [0.15, 0.2) is 0 Å². The first-order chi connectivity index (χ1) is 8.24. The van der Waals surface area contributed by atoms with Crippen molar-refractivity contribution in [3.8, 4) is 0 Å². The summed E-state index contributed by atoms with van der Waals surface area (Å²) in [6.45, 7) is 18.8. The van der Waals surface area contributed by atoms with Crippen LogP contribution in [-0.4, -0.2) is 47.6 Å². The summed E-state index contributed by atoms with van der Waals surface area (Å²) in [7, 11) is 0. The fraction of sp³-hybridized carbons (Fsp3) is 1.00. The SMILES string of the molecule is CCNC(CCN1CCSC(C)(C)C1)C(C)(C)C. The Morgan fingerprint density at radius 3 is 2.50 bits per heavy atom. The number of hydrogen-bond acceptors (Lipinski definition) is 3. The van der Waals surface area contributed by atoms with E-state index in [1.165, 1.54) is 31.8 Å². The average molecular weight is 273 g/mol. The van der Waals surface area contributed by atoms with Gasteiger partial charge in [0.1, 0.15) is 0 Å². The molecule has 1 aliphatic rings. The fourth-order valence-corrected chi connectivity index (χ4v) is 3.88. The van der Waals surface area contributed by atoms with Gasteiger partial charge in [0, 0.05) is 29.6 Å². The van der Waals surface area contributed by atoms with E-state index in [2.05, 4.69) is 63.5 Å². The molecule has 1 unspecified atom stereocenters. The summed E-state index contributed by atoms with van der Waals surface area (Å²) in [5, 5.41) is 3.65. The number of nitrogens with zero attached hydrogens (tertiary/aromatic N) is 1. The van der Waals surface area contributed by atoms with Gasteiger partial charge in [-0.15, -0.1) is 0 Å². The van der Waals surface area contributed by atoms with E-state index in [9.17, 15) is 0 Å². The van der Waals surface area contributed by atoms with Crippen LogP contribution in [0.15, 0.2) is 0 Å². The highest BCUT2D eigenvalue weighted by Crippen LogP contribution is 2.30. The molecule has 1 saturated heterocycles. The third-order valence-corrected chi connectivity index (χ3v) is 5.03. The molecule has 0 aromatic heterocycles. The van der Waals surface area contributed by atoms with Crippen LogP contribution < -0.4 is 5.32 Å². The van der Waals surface area contributed by atoms with Crippen LogP contribution in [0, 0.1) is 5.41 Å². The van der Waals surface area contributed by atoms with Crippen LogP contribution in [0.3, 0.4) is 0 Å². The van der Waals surface area contributed by atoms with Crippen molar-refractivity contribution in [2.24, 2.45) is 5.41 Å². The molecule has 3 heteroatoms. The number of thioether (sulfide) groups is 1. The lowest BCUT2D eigenvalue weighted by molar-refractivity contribution is 0.200. The van der Waals surface area contributed by atoms with Crippen molar-refractivity contribution >= 4 is 11.8 Å². The van der Waals surface area contributed by atoms with Gasteiger partial charge in [-0.25, -0.2) is 0 Å². The maximum atomic E-state index is 3.65. The van der Waals surface area contributed by atoms with Crippen molar-refractivity contribution in [2.45, 2.75) is 58.8 Å². The normalized spacial score (nSPS) is 23.0. The Morgan fingerprint density at radius 1 is 1.33 bits per heavy atom. The first-order valence-corrected chi connectivity index (χ1v) is 8.33. The predicted molar refractivity (Wildman–Crippen MR) is 84.5 cm³/mol. The molecule has 1 N–H and O–H groups in total. The van der Waals surface area contributed by atoms with E-state index in [1.807, 2.05) is 0 Å². The minimum atomic E-state index is 0.357. The van der Waals surface area contributed by atoms with Gasteiger partial charge in [-0.2, -0.15) is 11.8 Å². The van der Waals surface area contributed by atoms with Crippen LogP contribution in [0.25, 0.3) is 0 Å². The summed E-state index contributed by atoms with van der Waals surface area (Å²) >= 11 is 2.12. The lowest BCUT2D eigenvalue weighted by Crippen LogP contribution is -2.47. The quantitative estimate of drug-likeness (QED) is 0.827. The van der Waals surface area contributed by atoms with E-state index in [4.69, 9.17) is 0 Å². The average Bonchev–Trinajstić information content (AvgIpc) is 2.21. The maximum Gasteiger partial charge on any atom is 0.0231 e. The summed E-state index contributed by atoms with van der Waals surface area (Å²) in [6, 6.07) is 0.625. The lowest BCUT2D eigenvalue weighted by atomic mass is 9.84. The Hall–Kier alpha value is 0.270. The molecule has 2 nitrogen and oxygen atoms in total. The topological polar surface area (TPSA) is 15.3 Å². The smallest absolute Gasteiger partial charge is 0.0231 e. The molecule has 0 spiro atoms. The molecular formula is C15H32N2S. The number of rotatable bonds is 5. The Bertz CT molecular complexity index is 245. The molecule has 108 valence electrons. The van der Waals surface area contributed by atoms with Crippen LogP contribution in [0.1, 0.15) is 48.0 Å². The van der Waals surface area contributed by atoms with E-state index in [0.717, 1.165) is 6.54 Å². The molecule has 1 atom stereocenters. The minimum Gasteiger partial charge on any atom is -0.314 e. The Labute approximate surface area is 118 Å². The summed E-state index contributed by atoms with van der Waals surface area (Å²) in [4.78, 5) is 2.65. The van der Waals surface area contributed by atoms with Crippen molar-refractivity contribution in [2.75, 3.05) is 31.9 Å². The van der Waals surface area contributed by atoms with Gasteiger partial charge in [0.05, 0.1) is 0 Å². The predicted octanol–water partition coefficient (Wildman–Crippen LogP) is 3.23. The first-order valence-electron chi connectivity index (χ1n) is 7.34. The Morgan fingerprint density at radius 2 is 2.00 bits per heavy atom. The van der Waals surface area contributed by atoms with Gasteiger partial charge in [-0.05, 0) is 38.8 Å². The third-order valence-electron chi connectivity index (χ3n) is 3.73. The van der Waals surface area contributed by atoms with Gasteiger partial charge in [-0.1, -0.05) is 27.7 Å². The molecule has 0 saturated carbocycles. The highest BCUT2D eigenvalue weighted by molar-refractivity contribution is 8.00. The highest BCUT2D eigenvalue weighted by Gasteiger charge is 2.29. The van der Waals surface area contributed by atoms with E-state index in [1.54, 1.807) is 0 Å². The molecule has 0 aromatic carbocycles. The van der Waals surface area contributed by atoms with E-state index in [-0.39, 0.29) is 0 Å². The summed E-state index contributed by atoms with van der Waals surface area (Å²) in [6.07, 6.45) is 1.26. The molecule has 0 amide bonds. The van der Waals surface area contributed by atoms with Crippen LogP contribution in [0.2, 0.25) is 0 Å². The largest absolute Gasteiger partial charge is 0.314 e. The summed E-state index contributed by atoms with van der Waals surface area (Å²) in [5.41, 5.74) is 0.357. The second-order valence-corrected chi connectivity index (χ2v) is 8.95. The van der Waals surface area contributed by atoms with Gasteiger partial charge in [0.25, 0.3) is 0 Å². The summed E-state index contributed by atoms with van der Waals surface area (Å²) < 4.78 is 0.438. The van der Waals surface area contributed by atoms with E-state index < -0.39 is 0 Å². The fourth-order valence-electron chi connectivity index (χ4n) is 2.70. The van der Waals surface area contributed by atoms with Crippen molar-refractivity contribution in [1.82, 2.24) is 10.2 Å². The first kappa shape index (κ1) is 16.3. The molecule has 0 radical (unpaired) electrons. The summed E-state index contributed by atoms with van der Waals surface area (Å²) in [5.74, 6) is 1.29. The monoisotopic (exact) mass is 272 g/mol. The molecule has 1 rings (SSSR count). The Kier molecular flexibility index (Phi) is 6.01. The molecule has 1 aliphatic heterocycles. The van der Waals surface area contributed by atoms with Crippen molar-refractivity contribution in [3.05, 3.63) is 0 Å². The Balaban J connectivity index is 2.42. The minimum absolute atomic E-state index is 0.357. The van der Waals surface area contributed by atoms with Crippen LogP contribution in [0.5, 0.6) is 0 Å². The van der Waals surface area contributed by atoms with Crippen molar-refractivity contribution in [1.29, 1.82) is 0 Å². The number of hydrogen-bond donors (Lipinski definition) is 1. The molecule has 18 heavy (non-hydrogen) atoms. The maximum absolute atomic E-state index is 3.65. The molecule has 1 heterocycles. The van der Waals surface area contributed by atoms with Crippen LogP contribution in [0.4, 0.5) is 0 Å². The van der Waals surface area contributed by atoms with Gasteiger partial charge in [-0.3, -0.25) is 0 Å². The van der Waals surface area contributed by atoms with Gasteiger partial charge >= 0.3 is 0 Å².